The van der Waals surface area contributed by atoms with Gasteiger partial charge in [0.2, 0.25) is 0 Å². The lowest BCUT2D eigenvalue weighted by atomic mass is 10.2. The smallest absolute Gasteiger partial charge is 0.410 e. The Morgan fingerprint density at radius 1 is 1.07 bits per heavy atom. The van der Waals surface area contributed by atoms with Gasteiger partial charge in [0, 0.05) is 27.7 Å². The van der Waals surface area contributed by atoms with E-state index >= 15 is 0 Å². The molecule has 2 rings (SSSR count). The molecule has 2 heterocycles. The number of hydrogen-bond acceptors (Lipinski definition) is 5. The van der Waals surface area contributed by atoms with Crippen LogP contribution in [0.15, 0.2) is 8.95 Å². The van der Waals surface area contributed by atoms with Gasteiger partial charge >= 0.3 is 6.09 Å². The molecule has 10 heteroatoms. The summed E-state index contributed by atoms with van der Waals surface area (Å²) in [5.41, 5.74) is 3.60. The Balaban J connectivity index is 0.000000326. The molecule has 1 N–H and O–H groups in total. The number of aryl methyl sites for hydroxylation is 4. The zero-order chi connectivity index (χ0) is 22.5. The van der Waals surface area contributed by atoms with Crippen molar-refractivity contribution in [3.05, 3.63) is 31.7 Å². The van der Waals surface area contributed by atoms with E-state index in [-0.39, 0.29) is 6.09 Å². The van der Waals surface area contributed by atoms with Crippen molar-refractivity contribution in [2.75, 3.05) is 14.1 Å². The Morgan fingerprint density at radius 2 is 1.52 bits per heavy atom. The molecule has 0 aliphatic heterocycles. The standard InChI is InChI=1S/C12H20BrN3O2.C7H12BrN3/c1-8-10(13)9(16(6)14-8)7-15(5)11(17)18-12(2,3)4;1-5-7(8)6(4-9-2)11(3)10-5/h7H2,1-6H3;9H,4H2,1-3H3. The van der Waals surface area contributed by atoms with Crippen LogP contribution in [-0.2, 0) is 31.9 Å². The molecule has 0 aliphatic carbocycles. The van der Waals surface area contributed by atoms with E-state index in [0.717, 1.165) is 32.6 Å². The van der Waals surface area contributed by atoms with Crippen LogP contribution in [-0.4, -0.2) is 50.3 Å². The van der Waals surface area contributed by atoms with E-state index in [1.165, 1.54) is 10.6 Å². The third kappa shape index (κ3) is 7.42. The highest BCUT2D eigenvalue weighted by Gasteiger charge is 2.21. The first-order valence-corrected chi connectivity index (χ1v) is 10.8. The number of halogens is 2. The van der Waals surface area contributed by atoms with Gasteiger partial charge < -0.3 is 15.0 Å². The monoisotopic (exact) mass is 534 g/mol. The summed E-state index contributed by atoms with van der Waals surface area (Å²) >= 11 is 6.96. The molecule has 0 bridgehead atoms. The van der Waals surface area contributed by atoms with Gasteiger partial charge in [-0.3, -0.25) is 9.36 Å². The summed E-state index contributed by atoms with van der Waals surface area (Å²) in [6.07, 6.45) is -0.340. The Hall–Kier alpha value is -1.39. The maximum absolute atomic E-state index is 11.9. The summed E-state index contributed by atoms with van der Waals surface area (Å²) in [6.45, 7) is 10.8. The van der Waals surface area contributed by atoms with Gasteiger partial charge in [-0.15, -0.1) is 0 Å². The average molecular weight is 536 g/mol. The zero-order valence-corrected chi connectivity index (χ0v) is 21.9. The SMILES string of the molecule is CNCc1c(Br)c(C)nn1C.Cc1nn(C)c(CN(C)C(=O)OC(C)(C)C)c1Br. The van der Waals surface area contributed by atoms with Gasteiger partial charge in [0.1, 0.15) is 5.60 Å². The van der Waals surface area contributed by atoms with Crippen molar-refractivity contribution in [3.63, 3.8) is 0 Å². The van der Waals surface area contributed by atoms with Crippen LogP contribution in [0.5, 0.6) is 0 Å². The van der Waals surface area contributed by atoms with Crippen LogP contribution < -0.4 is 5.32 Å². The predicted molar refractivity (Wildman–Crippen MR) is 122 cm³/mol. The summed E-state index contributed by atoms with van der Waals surface area (Å²) in [6, 6.07) is 0. The first-order chi connectivity index (χ1) is 13.3. The van der Waals surface area contributed by atoms with E-state index in [2.05, 4.69) is 47.4 Å². The summed E-state index contributed by atoms with van der Waals surface area (Å²) in [5, 5.41) is 11.6. The van der Waals surface area contributed by atoms with Crippen molar-refractivity contribution in [2.45, 2.75) is 53.3 Å². The molecular formula is C19H32Br2N6O2. The van der Waals surface area contributed by atoms with Gasteiger partial charge in [0.05, 0.1) is 38.3 Å². The van der Waals surface area contributed by atoms with Crippen LogP contribution in [0.2, 0.25) is 0 Å². The topological polar surface area (TPSA) is 77.2 Å². The minimum Gasteiger partial charge on any atom is -0.444 e. The second kappa shape index (κ2) is 10.6. The quantitative estimate of drug-likeness (QED) is 0.638. The third-order valence-corrected chi connectivity index (χ3v) is 6.02. The molecule has 0 radical (unpaired) electrons. The van der Waals surface area contributed by atoms with E-state index < -0.39 is 5.60 Å². The van der Waals surface area contributed by atoms with Gasteiger partial charge in [-0.2, -0.15) is 10.2 Å². The van der Waals surface area contributed by atoms with Gasteiger partial charge in [0.25, 0.3) is 0 Å². The van der Waals surface area contributed by atoms with E-state index in [1.807, 2.05) is 60.4 Å². The second-order valence-corrected chi connectivity index (χ2v) is 9.39. The van der Waals surface area contributed by atoms with Crippen molar-refractivity contribution in [1.29, 1.82) is 0 Å². The van der Waals surface area contributed by atoms with Crippen LogP contribution in [0.1, 0.15) is 43.5 Å². The summed E-state index contributed by atoms with van der Waals surface area (Å²) in [7, 11) is 7.44. The minimum atomic E-state index is -0.481. The van der Waals surface area contributed by atoms with Crippen molar-refractivity contribution >= 4 is 38.0 Å². The van der Waals surface area contributed by atoms with Crippen molar-refractivity contribution < 1.29 is 9.53 Å². The lowest BCUT2D eigenvalue weighted by Gasteiger charge is -2.24. The summed E-state index contributed by atoms with van der Waals surface area (Å²) < 4.78 is 11.0. The lowest BCUT2D eigenvalue weighted by molar-refractivity contribution is 0.0281. The van der Waals surface area contributed by atoms with Gasteiger partial charge in [-0.1, -0.05) is 0 Å². The molecule has 2 aromatic heterocycles. The number of hydrogen-bond donors (Lipinski definition) is 1. The average Bonchev–Trinajstić information content (AvgIpc) is 2.97. The molecule has 0 aromatic carbocycles. The van der Waals surface area contributed by atoms with Gasteiger partial charge in [-0.25, -0.2) is 4.79 Å². The van der Waals surface area contributed by atoms with E-state index in [4.69, 9.17) is 4.74 Å². The van der Waals surface area contributed by atoms with Gasteiger partial charge in [-0.05, 0) is 73.5 Å². The Kier molecular flexibility index (Phi) is 9.36. The van der Waals surface area contributed by atoms with Crippen molar-refractivity contribution in [3.8, 4) is 0 Å². The molecule has 0 fully saturated rings. The van der Waals surface area contributed by atoms with E-state index in [0.29, 0.717) is 6.54 Å². The van der Waals surface area contributed by atoms with Crippen LogP contribution in [0.25, 0.3) is 0 Å². The highest BCUT2D eigenvalue weighted by Crippen LogP contribution is 2.22. The molecule has 0 spiro atoms. The highest BCUT2D eigenvalue weighted by atomic mass is 79.9. The largest absolute Gasteiger partial charge is 0.444 e. The Labute approximate surface area is 190 Å². The molecular weight excluding hydrogens is 504 g/mol. The molecule has 0 saturated heterocycles. The summed E-state index contributed by atoms with van der Waals surface area (Å²) in [4.78, 5) is 13.4. The fourth-order valence-electron chi connectivity index (χ4n) is 2.52. The van der Waals surface area contributed by atoms with Crippen LogP contribution in [0.4, 0.5) is 4.79 Å². The number of nitrogens with one attached hydrogen (secondary N) is 1. The number of aromatic nitrogens is 4. The molecule has 8 nitrogen and oxygen atoms in total. The molecule has 0 unspecified atom stereocenters. The number of ether oxygens (including phenoxy) is 1. The lowest BCUT2D eigenvalue weighted by Crippen LogP contribution is -2.34. The first kappa shape index (κ1) is 25.6. The van der Waals surface area contributed by atoms with Crippen LogP contribution in [0.3, 0.4) is 0 Å². The van der Waals surface area contributed by atoms with Crippen molar-refractivity contribution in [2.24, 2.45) is 14.1 Å². The molecule has 164 valence electrons. The first-order valence-electron chi connectivity index (χ1n) is 9.23. The molecule has 0 saturated carbocycles. The number of rotatable bonds is 4. The molecule has 0 atom stereocenters. The minimum absolute atomic E-state index is 0.340. The Morgan fingerprint density at radius 3 is 1.86 bits per heavy atom. The van der Waals surface area contributed by atoms with Crippen LogP contribution >= 0.6 is 31.9 Å². The number of carbonyl (C=O) groups is 1. The zero-order valence-electron chi connectivity index (χ0n) is 18.7. The molecule has 1 amide bonds. The fraction of sp³-hybridized carbons (Fsp3) is 0.632. The molecule has 2 aromatic rings. The highest BCUT2D eigenvalue weighted by molar-refractivity contribution is 9.10. The molecule has 0 aliphatic rings. The summed E-state index contributed by atoms with van der Waals surface area (Å²) in [5.74, 6) is 0. The third-order valence-electron chi connectivity index (χ3n) is 3.96. The maximum Gasteiger partial charge on any atom is 0.410 e. The van der Waals surface area contributed by atoms with Crippen molar-refractivity contribution in [1.82, 2.24) is 29.8 Å². The van der Waals surface area contributed by atoms with Gasteiger partial charge in [0.15, 0.2) is 0 Å². The fourth-order valence-corrected chi connectivity index (χ4v) is 3.46. The normalized spacial score (nSPS) is 11.1. The Bertz CT molecular complexity index is 839. The molecule has 29 heavy (non-hydrogen) atoms. The van der Waals surface area contributed by atoms with Crippen LogP contribution in [0, 0.1) is 13.8 Å². The number of carbonyl (C=O) groups excluding carboxylic acids is 1. The maximum atomic E-state index is 11.9. The predicted octanol–water partition coefficient (Wildman–Crippen LogP) is 4.07. The number of nitrogens with zero attached hydrogens (tertiary/aromatic N) is 5. The number of amides is 1. The second-order valence-electron chi connectivity index (χ2n) is 7.81. The van der Waals surface area contributed by atoms with E-state index in [1.54, 1.807) is 11.7 Å². The van der Waals surface area contributed by atoms with E-state index in [9.17, 15) is 4.79 Å².